The van der Waals surface area contributed by atoms with Crippen molar-refractivity contribution in [3.63, 3.8) is 0 Å². The molecule has 0 atom stereocenters. The van der Waals surface area contributed by atoms with Crippen LogP contribution in [0.4, 0.5) is 4.39 Å². The molecule has 1 aromatic carbocycles. The molecule has 20 heavy (non-hydrogen) atoms. The van der Waals surface area contributed by atoms with E-state index in [2.05, 4.69) is 49.9 Å². The molecule has 0 aromatic heterocycles. The van der Waals surface area contributed by atoms with Gasteiger partial charge in [-0.05, 0) is 35.8 Å². The summed E-state index contributed by atoms with van der Waals surface area (Å²) in [5, 5.41) is 0. The van der Waals surface area contributed by atoms with E-state index in [1.165, 1.54) is 11.1 Å². The van der Waals surface area contributed by atoms with Gasteiger partial charge in [-0.3, -0.25) is 4.90 Å². The number of benzene rings is 1. The summed E-state index contributed by atoms with van der Waals surface area (Å²) in [7, 11) is 0. The van der Waals surface area contributed by atoms with Crippen LogP contribution < -0.4 is 0 Å². The van der Waals surface area contributed by atoms with Gasteiger partial charge in [0.05, 0.1) is 0 Å². The third-order valence-corrected chi connectivity index (χ3v) is 4.61. The summed E-state index contributed by atoms with van der Waals surface area (Å²) in [6, 6.07) is 8.89. The van der Waals surface area contributed by atoms with Gasteiger partial charge >= 0.3 is 0 Å². The van der Waals surface area contributed by atoms with Crippen molar-refractivity contribution < 1.29 is 4.39 Å². The van der Waals surface area contributed by atoms with Crippen molar-refractivity contribution in [2.24, 2.45) is 0 Å². The molecular formula is C18H28FN. The molecule has 0 unspecified atom stereocenters. The van der Waals surface area contributed by atoms with Crippen molar-refractivity contribution in [3.8, 4) is 0 Å². The Bertz CT molecular complexity index is 422. The fourth-order valence-corrected chi connectivity index (χ4v) is 2.83. The molecule has 1 aromatic rings. The van der Waals surface area contributed by atoms with Crippen LogP contribution in [0.15, 0.2) is 24.3 Å². The van der Waals surface area contributed by atoms with Crippen LogP contribution >= 0.6 is 0 Å². The van der Waals surface area contributed by atoms with Crippen molar-refractivity contribution in [1.29, 1.82) is 0 Å². The molecular weight excluding hydrogens is 249 g/mol. The monoisotopic (exact) mass is 277 g/mol. The Labute approximate surface area is 123 Å². The number of halogens is 1. The highest BCUT2D eigenvalue weighted by atomic mass is 19.1. The fraction of sp³-hybridized carbons (Fsp3) is 0.667. The van der Waals surface area contributed by atoms with E-state index in [-0.39, 0.29) is 5.41 Å². The van der Waals surface area contributed by atoms with E-state index >= 15 is 0 Å². The van der Waals surface area contributed by atoms with E-state index in [1.807, 2.05) is 6.92 Å². The number of hydrogen-bond donors (Lipinski definition) is 0. The molecule has 0 bridgehead atoms. The van der Waals surface area contributed by atoms with Gasteiger partial charge in [-0.2, -0.15) is 0 Å². The average molecular weight is 277 g/mol. The predicted octanol–water partition coefficient (Wildman–Crippen LogP) is 4.70. The SMILES string of the molecule is CCC1(F)CCN(Cc2ccc(C(C)(C)C)cc2)CC1. The largest absolute Gasteiger partial charge is 0.299 e. The molecule has 0 N–H and O–H groups in total. The standard InChI is InChI=1S/C18H28FN/c1-5-18(19)10-12-20(13-11-18)14-15-6-8-16(9-7-15)17(2,3)4/h6-9H,5,10-14H2,1-4H3. The minimum absolute atomic E-state index is 0.207. The third-order valence-electron chi connectivity index (χ3n) is 4.61. The molecule has 0 aliphatic carbocycles. The Morgan fingerprint density at radius 3 is 2.10 bits per heavy atom. The molecule has 2 rings (SSSR count). The Hall–Kier alpha value is -0.890. The van der Waals surface area contributed by atoms with Crippen LogP contribution in [0.25, 0.3) is 0 Å². The number of hydrogen-bond acceptors (Lipinski definition) is 1. The molecule has 0 radical (unpaired) electrons. The van der Waals surface area contributed by atoms with Gasteiger partial charge in [-0.25, -0.2) is 4.39 Å². The van der Waals surface area contributed by atoms with E-state index in [1.54, 1.807) is 0 Å². The van der Waals surface area contributed by atoms with E-state index < -0.39 is 5.67 Å². The highest BCUT2D eigenvalue weighted by Crippen LogP contribution is 2.30. The predicted molar refractivity (Wildman–Crippen MR) is 83.8 cm³/mol. The summed E-state index contributed by atoms with van der Waals surface area (Å²) in [6.45, 7) is 11.4. The second-order valence-corrected chi connectivity index (χ2v) is 7.23. The molecule has 2 heteroatoms. The Morgan fingerprint density at radius 1 is 1.10 bits per heavy atom. The Balaban J connectivity index is 1.92. The minimum atomic E-state index is -0.910. The van der Waals surface area contributed by atoms with Gasteiger partial charge in [0.25, 0.3) is 0 Å². The summed E-state index contributed by atoms with van der Waals surface area (Å²) in [6.07, 6.45) is 2.02. The smallest absolute Gasteiger partial charge is 0.113 e. The van der Waals surface area contributed by atoms with E-state index in [0.29, 0.717) is 19.3 Å². The minimum Gasteiger partial charge on any atom is -0.299 e. The summed E-state index contributed by atoms with van der Waals surface area (Å²) in [5.41, 5.74) is 2.00. The zero-order valence-electron chi connectivity index (χ0n) is 13.4. The van der Waals surface area contributed by atoms with Crippen LogP contribution in [0, 0.1) is 0 Å². The molecule has 112 valence electrons. The summed E-state index contributed by atoms with van der Waals surface area (Å²) in [4.78, 5) is 2.37. The molecule has 0 saturated carbocycles. The first-order valence-corrected chi connectivity index (χ1v) is 7.83. The zero-order chi connectivity index (χ0) is 14.8. The van der Waals surface area contributed by atoms with Crippen molar-refractivity contribution >= 4 is 0 Å². The first-order chi connectivity index (χ1) is 9.32. The van der Waals surface area contributed by atoms with Gasteiger partial charge in [-0.1, -0.05) is 52.0 Å². The number of rotatable bonds is 3. The molecule has 1 aliphatic heterocycles. The third kappa shape index (κ3) is 3.82. The summed E-state index contributed by atoms with van der Waals surface area (Å²) >= 11 is 0. The number of piperidine rings is 1. The lowest BCUT2D eigenvalue weighted by Gasteiger charge is -2.36. The van der Waals surface area contributed by atoms with E-state index in [9.17, 15) is 4.39 Å². The van der Waals surface area contributed by atoms with Gasteiger partial charge < -0.3 is 0 Å². The first-order valence-electron chi connectivity index (χ1n) is 7.83. The van der Waals surface area contributed by atoms with Gasteiger partial charge in [-0.15, -0.1) is 0 Å². The lowest BCUT2D eigenvalue weighted by atomic mass is 9.86. The fourth-order valence-electron chi connectivity index (χ4n) is 2.83. The average Bonchev–Trinajstić information content (AvgIpc) is 2.41. The number of alkyl halides is 1. The maximum absolute atomic E-state index is 14.2. The maximum atomic E-state index is 14.2. The highest BCUT2D eigenvalue weighted by molar-refractivity contribution is 5.27. The van der Waals surface area contributed by atoms with Gasteiger partial charge in [0.1, 0.15) is 5.67 Å². The van der Waals surface area contributed by atoms with Gasteiger partial charge in [0.15, 0.2) is 0 Å². The van der Waals surface area contributed by atoms with Crippen molar-refractivity contribution in [2.45, 2.75) is 64.6 Å². The summed E-state index contributed by atoms with van der Waals surface area (Å²) in [5.74, 6) is 0. The van der Waals surface area contributed by atoms with Crippen LogP contribution in [-0.4, -0.2) is 23.7 Å². The number of nitrogens with zero attached hydrogens (tertiary/aromatic N) is 1. The number of likely N-dealkylation sites (tertiary alicyclic amines) is 1. The molecule has 1 heterocycles. The molecule has 1 aliphatic rings. The van der Waals surface area contributed by atoms with Crippen LogP contribution in [0.2, 0.25) is 0 Å². The Kier molecular flexibility index (Phi) is 4.53. The lowest BCUT2D eigenvalue weighted by molar-refractivity contribution is 0.0518. The second-order valence-electron chi connectivity index (χ2n) is 7.23. The van der Waals surface area contributed by atoms with Crippen LogP contribution in [0.1, 0.15) is 58.1 Å². The molecule has 0 amide bonds. The molecule has 1 fully saturated rings. The Morgan fingerprint density at radius 2 is 1.65 bits per heavy atom. The van der Waals surface area contributed by atoms with Gasteiger partial charge in [0.2, 0.25) is 0 Å². The second kappa shape index (κ2) is 5.85. The van der Waals surface area contributed by atoms with Crippen LogP contribution in [0.3, 0.4) is 0 Å². The molecule has 1 saturated heterocycles. The topological polar surface area (TPSA) is 3.24 Å². The highest BCUT2D eigenvalue weighted by Gasteiger charge is 2.32. The molecule has 0 spiro atoms. The quantitative estimate of drug-likeness (QED) is 0.774. The first kappa shape index (κ1) is 15.5. The van der Waals surface area contributed by atoms with Crippen LogP contribution in [0.5, 0.6) is 0 Å². The van der Waals surface area contributed by atoms with E-state index in [0.717, 1.165) is 19.6 Å². The van der Waals surface area contributed by atoms with Crippen molar-refractivity contribution in [2.75, 3.05) is 13.1 Å². The normalized spacial score (nSPS) is 20.1. The van der Waals surface area contributed by atoms with E-state index in [4.69, 9.17) is 0 Å². The zero-order valence-corrected chi connectivity index (χ0v) is 13.4. The van der Waals surface area contributed by atoms with Crippen molar-refractivity contribution in [3.05, 3.63) is 35.4 Å². The van der Waals surface area contributed by atoms with Crippen LogP contribution in [-0.2, 0) is 12.0 Å². The maximum Gasteiger partial charge on any atom is 0.113 e. The summed E-state index contributed by atoms with van der Waals surface area (Å²) < 4.78 is 14.2. The molecule has 1 nitrogen and oxygen atoms in total. The lowest BCUT2D eigenvalue weighted by Crippen LogP contribution is -2.40. The van der Waals surface area contributed by atoms with Gasteiger partial charge in [0, 0.05) is 19.6 Å². The van der Waals surface area contributed by atoms with Crippen molar-refractivity contribution in [1.82, 2.24) is 4.90 Å².